The third kappa shape index (κ3) is 1.91. The van der Waals surface area contributed by atoms with Crippen LogP contribution in [0.5, 0.6) is 0 Å². The topological polar surface area (TPSA) is 126 Å². The highest BCUT2D eigenvalue weighted by Gasteiger charge is 2.21. The summed E-state index contributed by atoms with van der Waals surface area (Å²) in [6.07, 6.45) is 0.357. The highest BCUT2D eigenvalue weighted by Crippen LogP contribution is 2.14. The Bertz CT molecular complexity index is 396. The van der Waals surface area contributed by atoms with Gasteiger partial charge in [0.15, 0.2) is 0 Å². The number of nitro groups is 1. The summed E-state index contributed by atoms with van der Waals surface area (Å²) in [4.78, 5) is 30.4. The number of carbonyl (C=O) groups excluding carboxylic acids is 1. The van der Waals surface area contributed by atoms with E-state index in [1.807, 2.05) is 0 Å². The van der Waals surface area contributed by atoms with E-state index in [0.717, 1.165) is 6.20 Å². The van der Waals surface area contributed by atoms with Crippen LogP contribution in [0, 0.1) is 10.1 Å². The van der Waals surface area contributed by atoms with Gasteiger partial charge in [0, 0.05) is 0 Å². The molecule has 0 aliphatic heterocycles. The number of hydrogen-bond donors (Lipinski definition) is 2. The number of carbonyl (C=O) groups is 2. The summed E-state index contributed by atoms with van der Waals surface area (Å²) in [6.45, 7) is 0. The van der Waals surface area contributed by atoms with E-state index in [1.54, 1.807) is 0 Å². The summed E-state index contributed by atoms with van der Waals surface area (Å²) < 4.78 is 0. The molecule has 8 heteroatoms. The second-order valence-electron chi connectivity index (χ2n) is 2.40. The van der Waals surface area contributed by atoms with Crippen molar-refractivity contribution in [3.05, 3.63) is 22.0 Å². The second-order valence-corrected chi connectivity index (χ2v) is 2.40. The van der Waals surface area contributed by atoms with Crippen molar-refractivity contribution < 1.29 is 19.6 Å². The Morgan fingerprint density at radius 2 is 2.29 bits per heavy atom. The minimum Gasteiger partial charge on any atom is -0.475 e. The number of nitrogens with one attached hydrogen (secondary N) is 1. The van der Waals surface area contributed by atoms with Crippen molar-refractivity contribution in [1.29, 1.82) is 0 Å². The smallest absolute Gasteiger partial charge is 0.372 e. The number of aromatic nitrogens is 2. The highest BCUT2D eigenvalue weighted by molar-refractivity contribution is 6.33. The summed E-state index contributed by atoms with van der Waals surface area (Å²) in [6, 6.07) is 0. The van der Waals surface area contributed by atoms with Gasteiger partial charge in [0.25, 0.3) is 0 Å². The van der Waals surface area contributed by atoms with Gasteiger partial charge in [-0.05, 0) is 0 Å². The summed E-state index contributed by atoms with van der Waals surface area (Å²) in [5.74, 6) is -2.76. The van der Waals surface area contributed by atoms with Gasteiger partial charge in [-0.25, -0.2) is 4.79 Å². The van der Waals surface area contributed by atoms with Crippen LogP contribution in [-0.4, -0.2) is 32.0 Å². The number of aliphatic carboxylic acids is 1. The number of hydrogen-bond acceptors (Lipinski definition) is 5. The number of Topliss-reactive ketones (excluding diaryl/α,β-unsaturated/α-hetero) is 1. The predicted octanol–water partition coefficient (Wildman–Crippen LogP) is -0.486. The second kappa shape index (κ2) is 3.64. The fourth-order valence-electron chi connectivity index (χ4n) is 0.830. The lowest BCUT2D eigenvalue weighted by molar-refractivity contribution is -0.385. The largest absolute Gasteiger partial charge is 0.475 e. The van der Waals surface area contributed by atoms with Crippen LogP contribution in [-0.2, 0) is 16.0 Å². The van der Waals surface area contributed by atoms with Crippen molar-refractivity contribution >= 4 is 17.4 Å². The molecular weight excluding hydrogens is 194 g/mol. The summed E-state index contributed by atoms with van der Waals surface area (Å²) >= 11 is 0. The maximum atomic E-state index is 10.7. The molecule has 0 bridgehead atoms. The van der Waals surface area contributed by atoms with Gasteiger partial charge in [0.1, 0.15) is 11.9 Å². The third-order valence-electron chi connectivity index (χ3n) is 1.47. The van der Waals surface area contributed by atoms with Crippen LogP contribution in [0.25, 0.3) is 0 Å². The molecule has 74 valence electrons. The third-order valence-corrected chi connectivity index (χ3v) is 1.47. The Morgan fingerprint density at radius 1 is 1.64 bits per heavy atom. The Balaban J connectivity index is 2.87. The van der Waals surface area contributed by atoms with E-state index >= 15 is 0 Å². The highest BCUT2D eigenvalue weighted by atomic mass is 16.6. The molecule has 1 rings (SSSR count). The molecule has 0 radical (unpaired) electrons. The zero-order valence-corrected chi connectivity index (χ0v) is 6.76. The molecule has 0 unspecified atom stereocenters. The number of carboxylic acids is 1. The molecule has 0 saturated carbocycles. The number of nitrogens with zero attached hydrogens (tertiary/aromatic N) is 2. The van der Waals surface area contributed by atoms with Crippen molar-refractivity contribution in [3.63, 3.8) is 0 Å². The summed E-state index contributed by atoms with van der Waals surface area (Å²) in [5, 5.41) is 24.1. The van der Waals surface area contributed by atoms with Crippen LogP contribution < -0.4 is 0 Å². The quantitative estimate of drug-likeness (QED) is 0.383. The van der Waals surface area contributed by atoms with Crippen LogP contribution >= 0.6 is 0 Å². The Kier molecular flexibility index (Phi) is 2.56. The molecular formula is C6H5N3O5. The number of rotatable bonds is 4. The van der Waals surface area contributed by atoms with Gasteiger partial charge in [-0.2, -0.15) is 5.10 Å². The zero-order valence-electron chi connectivity index (χ0n) is 6.76. The van der Waals surface area contributed by atoms with Crippen molar-refractivity contribution in [3.8, 4) is 0 Å². The predicted molar refractivity (Wildman–Crippen MR) is 41.6 cm³/mol. The Hall–Kier alpha value is -2.25. The normalized spacial score (nSPS) is 9.71. The van der Waals surface area contributed by atoms with E-state index in [2.05, 4.69) is 10.2 Å². The van der Waals surface area contributed by atoms with Crippen LogP contribution in [0.2, 0.25) is 0 Å². The van der Waals surface area contributed by atoms with Gasteiger partial charge < -0.3 is 5.11 Å². The molecule has 14 heavy (non-hydrogen) atoms. The lowest BCUT2D eigenvalue weighted by Crippen LogP contribution is -2.15. The first kappa shape index (κ1) is 9.84. The van der Waals surface area contributed by atoms with Crippen LogP contribution in [0.4, 0.5) is 5.69 Å². The average Bonchev–Trinajstić information content (AvgIpc) is 2.52. The number of aromatic amines is 1. The van der Waals surface area contributed by atoms with Gasteiger partial charge in [0.2, 0.25) is 5.78 Å². The van der Waals surface area contributed by atoms with Crippen molar-refractivity contribution in [1.82, 2.24) is 10.2 Å². The molecule has 0 saturated heterocycles. The first-order valence-electron chi connectivity index (χ1n) is 3.45. The molecule has 0 amide bonds. The lowest BCUT2D eigenvalue weighted by Gasteiger charge is -1.92. The molecule has 0 aliphatic rings. The molecule has 0 aromatic carbocycles. The first-order chi connectivity index (χ1) is 6.52. The van der Waals surface area contributed by atoms with E-state index in [9.17, 15) is 19.7 Å². The maximum absolute atomic E-state index is 10.7. The monoisotopic (exact) mass is 199 g/mol. The van der Waals surface area contributed by atoms with Gasteiger partial charge in [-0.1, -0.05) is 0 Å². The van der Waals surface area contributed by atoms with E-state index in [0.29, 0.717) is 0 Å². The molecule has 8 nitrogen and oxygen atoms in total. The van der Waals surface area contributed by atoms with E-state index in [1.165, 1.54) is 0 Å². The van der Waals surface area contributed by atoms with Crippen LogP contribution in [0.1, 0.15) is 5.69 Å². The number of H-pyrrole nitrogens is 1. The molecule has 1 heterocycles. The molecule has 2 N–H and O–H groups in total. The Labute approximate surface area is 76.7 Å². The minimum absolute atomic E-state index is 0.109. The van der Waals surface area contributed by atoms with Crippen molar-refractivity contribution in [2.75, 3.05) is 0 Å². The van der Waals surface area contributed by atoms with Gasteiger partial charge in [0.05, 0.1) is 11.3 Å². The van der Waals surface area contributed by atoms with Gasteiger partial charge in [-0.3, -0.25) is 20.0 Å². The number of ketones is 1. The number of carboxylic acid groups (broad SMARTS) is 1. The summed E-state index contributed by atoms with van der Waals surface area (Å²) in [5.41, 5.74) is -0.498. The molecule has 1 aromatic heterocycles. The fraction of sp³-hybridized carbons (Fsp3) is 0.167. The Morgan fingerprint density at radius 3 is 2.79 bits per heavy atom. The molecule has 0 spiro atoms. The SMILES string of the molecule is O=C(O)C(=O)Cc1[nH]ncc1[N+](=O)[O-]. The van der Waals surface area contributed by atoms with E-state index in [4.69, 9.17) is 5.11 Å². The molecule has 1 aromatic rings. The standard InChI is InChI=1S/C6H5N3O5/c10-5(6(11)12)1-3-4(9(13)14)2-7-8-3/h2H,1H2,(H,7,8)(H,11,12). The van der Waals surface area contributed by atoms with Crippen molar-refractivity contribution in [2.24, 2.45) is 0 Å². The zero-order chi connectivity index (χ0) is 10.7. The van der Waals surface area contributed by atoms with Gasteiger partial charge in [-0.15, -0.1) is 0 Å². The minimum atomic E-state index is -1.63. The van der Waals surface area contributed by atoms with Crippen molar-refractivity contribution in [2.45, 2.75) is 6.42 Å². The molecule has 0 aliphatic carbocycles. The van der Waals surface area contributed by atoms with E-state index < -0.39 is 23.1 Å². The van der Waals surface area contributed by atoms with Crippen LogP contribution in [0.3, 0.4) is 0 Å². The molecule has 0 fully saturated rings. The summed E-state index contributed by atoms with van der Waals surface area (Å²) in [7, 11) is 0. The average molecular weight is 199 g/mol. The first-order valence-corrected chi connectivity index (χ1v) is 3.45. The molecule has 0 atom stereocenters. The van der Waals surface area contributed by atoms with Gasteiger partial charge >= 0.3 is 11.7 Å². The van der Waals surface area contributed by atoms with E-state index in [-0.39, 0.29) is 11.4 Å². The maximum Gasteiger partial charge on any atom is 0.372 e. The fourth-order valence-corrected chi connectivity index (χ4v) is 0.830. The van der Waals surface area contributed by atoms with Crippen LogP contribution in [0.15, 0.2) is 6.20 Å². The lowest BCUT2D eigenvalue weighted by atomic mass is 10.2.